The van der Waals surface area contributed by atoms with Gasteiger partial charge in [-0.15, -0.1) is 5.10 Å². The van der Waals surface area contributed by atoms with Crippen LogP contribution in [0.3, 0.4) is 0 Å². The van der Waals surface area contributed by atoms with Gasteiger partial charge >= 0.3 is 0 Å². The van der Waals surface area contributed by atoms with Crippen LogP contribution in [0, 0.1) is 0 Å². The van der Waals surface area contributed by atoms with Gasteiger partial charge in [0.15, 0.2) is 0 Å². The molecule has 1 aliphatic heterocycles. The Hall–Kier alpha value is -1.51. The lowest BCUT2D eigenvalue weighted by Crippen LogP contribution is -2.52. The normalized spacial score (nSPS) is 25.7. The standard InChI is InChI=1S/C16H23N5O2S/c1-2-11-10-14(23)21-15(17-11)24-16(18-21)20-8-6-19(7-9-20)12-4-3-5-13(12)22/h10,12-13,22H,2-9H2,1H3/t12-,13+/m1/s1. The number of anilines is 1. The number of rotatable bonds is 3. The lowest BCUT2D eigenvalue weighted by molar-refractivity contribution is 0.0671. The molecular formula is C16H23N5O2S. The Balaban J connectivity index is 1.50. The summed E-state index contributed by atoms with van der Waals surface area (Å²) in [6, 6.07) is 1.88. The molecule has 1 aliphatic carbocycles. The number of aryl methyl sites for hydroxylation is 1. The SMILES string of the molecule is CCc1cc(=O)n2nc(N3CCN([C@@H]4CCC[C@@H]4O)CC3)sc2n1. The quantitative estimate of drug-likeness (QED) is 0.881. The van der Waals surface area contributed by atoms with Gasteiger partial charge in [0, 0.05) is 44.0 Å². The lowest BCUT2D eigenvalue weighted by atomic mass is 10.1. The number of hydrogen-bond donors (Lipinski definition) is 1. The Labute approximate surface area is 144 Å². The number of hydrogen-bond acceptors (Lipinski definition) is 7. The second-order valence-electron chi connectivity index (χ2n) is 6.61. The third-order valence-corrected chi connectivity index (χ3v) is 6.12. The number of aliphatic hydroxyl groups is 1. The van der Waals surface area contributed by atoms with E-state index >= 15 is 0 Å². The molecule has 7 nitrogen and oxygen atoms in total. The van der Waals surface area contributed by atoms with Gasteiger partial charge in [0.2, 0.25) is 10.1 Å². The highest BCUT2D eigenvalue weighted by Crippen LogP contribution is 2.27. The maximum Gasteiger partial charge on any atom is 0.275 e. The molecule has 24 heavy (non-hydrogen) atoms. The van der Waals surface area contributed by atoms with Gasteiger partial charge in [-0.2, -0.15) is 4.52 Å². The minimum absolute atomic E-state index is 0.105. The molecule has 2 aliphatic rings. The van der Waals surface area contributed by atoms with Crippen LogP contribution in [0.5, 0.6) is 0 Å². The highest BCUT2D eigenvalue weighted by molar-refractivity contribution is 7.20. The minimum atomic E-state index is -0.172. The molecule has 1 N–H and O–H groups in total. The van der Waals surface area contributed by atoms with E-state index in [1.165, 1.54) is 15.9 Å². The summed E-state index contributed by atoms with van der Waals surface area (Å²) in [7, 11) is 0. The van der Waals surface area contributed by atoms with Crippen LogP contribution in [0.25, 0.3) is 4.96 Å². The Morgan fingerprint density at radius 1 is 1.29 bits per heavy atom. The molecule has 3 heterocycles. The number of aliphatic hydroxyl groups excluding tert-OH is 1. The molecule has 2 aromatic heterocycles. The van der Waals surface area contributed by atoms with E-state index in [0.29, 0.717) is 11.0 Å². The molecule has 0 spiro atoms. The fraction of sp³-hybridized carbons (Fsp3) is 0.688. The molecule has 1 saturated heterocycles. The molecule has 0 radical (unpaired) electrons. The average Bonchev–Trinajstić information content (AvgIpc) is 3.21. The van der Waals surface area contributed by atoms with E-state index in [1.54, 1.807) is 6.07 Å². The maximum absolute atomic E-state index is 12.1. The maximum atomic E-state index is 12.1. The molecule has 130 valence electrons. The third-order valence-electron chi connectivity index (χ3n) is 5.15. The molecule has 2 aromatic rings. The van der Waals surface area contributed by atoms with E-state index in [1.807, 2.05) is 6.92 Å². The van der Waals surface area contributed by atoms with Gasteiger partial charge in [-0.05, 0) is 25.7 Å². The zero-order chi connectivity index (χ0) is 16.7. The number of fused-ring (bicyclic) bond motifs is 1. The van der Waals surface area contributed by atoms with E-state index in [-0.39, 0.29) is 11.7 Å². The minimum Gasteiger partial charge on any atom is -0.391 e. The summed E-state index contributed by atoms with van der Waals surface area (Å²) < 4.78 is 1.41. The summed E-state index contributed by atoms with van der Waals surface area (Å²) >= 11 is 1.48. The number of nitrogens with zero attached hydrogens (tertiary/aromatic N) is 5. The predicted molar refractivity (Wildman–Crippen MR) is 93.9 cm³/mol. The average molecular weight is 349 g/mol. The van der Waals surface area contributed by atoms with Gasteiger partial charge in [-0.1, -0.05) is 18.3 Å². The highest BCUT2D eigenvalue weighted by atomic mass is 32.1. The van der Waals surface area contributed by atoms with Crippen molar-refractivity contribution in [3.05, 3.63) is 22.1 Å². The van der Waals surface area contributed by atoms with Crippen LogP contribution < -0.4 is 10.5 Å². The second kappa shape index (κ2) is 6.42. The molecule has 0 unspecified atom stereocenters. The van der Waals surface area contributed by atoms with E-state index < -0.39 is 0 Å². The molecule has 4 rings (SSSR count). The van der Waals surface area contributed by atoms with Crippen LogP contribution in [0.2, 0.25) is 0 Å². The van der Waals surface area contributed by atoms with Gasteiger partial charge in [0.05, 0.1) is 6.10 Å². The van der Waals surface area contributed by atoms with Crippen LogP contribution in [0.1, 0.15) is 31.9 Å². The molecule has 2 atom stereocenters. The summed E-state index contributed by atoms with van der Waals surface area (Å²) in [5, 5.41) is 15.4. The summed E-state index contributed by atoms with van der Waals surface area (Å²) in [5.41, 5.74) is 0.710. The molecule has 8 heteroatoms. The van der Waals surface area contributed by atoms with Gasteiger partial charge in [0.1, 0.15) is 0 Å². The van der Waals surface area contributed by atoms with Gasteiger partial charge in [-0.3, -0.25) is 9.69 Å². The largest absolute Gasteiger partial charge is 0.391 e. The van der Waals surface area contributed by atoms with E-state index in [9.17, 15) is 9.90 Å². The van der Waals surface area contributed by atoms with E-state index in [0.717, 1.165) is 62.7 Å². The van der Waals surface area contributed by atoms with Crippen molar-refractivity contribution in [2.24, 2.45) is 0 Å². The third kappa shape index (κ3) is 2.82. The van der Waals surface area contributed by atoms with Crippen molar-refractivity contribution >= 4 is 21.4 Å². The summed E-state index contributed by atoms with van der Waals surface area (Å²) in [4.78, 5) is 21.9. The molecule has 2 fully saturated rings. The second-order valence-corrected chi connectivity index (χ2v) is 7.54. The monoisotopic (exact) mass is 349 g/mol. The van der Waals surface area contributed by atoms with E-state index in [4.69, 9.17) is 0 Å². The van der Waals surface area contributed by atoms with Crippen molar-refractivity contribution in [3.8, 4) is 0 Å². The van der Waals surface area contributed by atoms with Crippen molar-refractivity contribution in [1.29, 1.82) is 0 Å². The van der Waals surface area contributed by atoms with Crippen molar-refractivity contribution in [2.45, 2.75) is 44.8 Å². The Morgan fingerprint density at radius 2 is 2.08 bits per heavy atom. The van der Waals surface area contributed by atoms with Crippen molar-refractivity contribution < 1.29 is 5.11 Å². The van der Waals surface area contributed by atoms with Crippen molar-refractivity contribution in [3.63, 3.8) is 0 Å². The fourth-order valence-corrected chi connectivity index (χ4v) is 4.72. The van der Waals surface area contributed by atoms with Gasteiger partial charge in [-0.25, -0.2) is 4.98 Å². The zero-order valence-electron chi connectivity index (χ0n) is 13.9. The molecular weight excluding hydrogens is 326 g/mol. The van der Waals surface area contributed by atoms with Crippen LogP contribution in [0.15, 0.2) is 10.9 Å². The van der Waals surface area contributed by atoms with E-state index in [2.05, 4.69) is 19.9 Å². The zero-order valence-corrected chi connectivity index (χ0v) is 14.7. The summed E-state index contributed by atoms with van der Waals surface area (Å²) in [5.74, 6) is 0. The first-order chi connectivity index (χ1) is 11.7. The first-order valence-electron chi connectivity index (χ1n) is 8.72. The summed E-state index contributed by atoms with van der Waals surface area (Å²) in [6.07, 6.45) is 3.73. The van der Waals surface area contributed by atoms with Crippen molar-refractivity contribution in [1.82, 2.24) is 19.5 Å². The first kappa shape index (κ1) is 16.0. The first-order valence-corrected chi connectivity index (χ1v) is 9.54. The van der Waals surface area contributed by atoms with Crippen LogP contribution in [0.4, 0.5) is 5.13 Å². The lowest BCUT2D eigenvalue weighted by Gasteiger charge is -2.38. The molecule has 0 aromatic carbocycles. The van der Waals surface area contributed by atoms with Crippen molar-refractivity contribution in [2.75, 3.05) is 31.1 Å². The van der Waals surface area contributed by atoms with Crippen LogP contribution in [-0.2, 0) is 6.42 Å². The fourth-order valence-electron chi connectivity index (χ4n) is 3.75. The molecule has 1 saturated carbocycles. The Bertz CT molecular complexity index is 780. The highest BCUT2D eigenvalue weighted by Gasteiger charge is 2.33. The van der Waals surface area contributed by atoms with Gasteiger partial charge < -0.3 is 10.0 Å². The molecule has 0 amide bonds. The Morgan fingerprint density at radius 3 is 2.75 bits per heavy atom. The number of aromatic nitrogens is 3. The topological polar surface area (TPSA) is 74.0 Å². The summed E-state index contributed by atoms with van der Waals surface area (Å²) in [6.45, 7) is 5.61. The predicted octanol–water partition coefficient (Wildman–Crippen LogP) is 0.749. The molecule has 0 bridgehead atoms. The van der Waals surface area contributed by atoms with Gasteiger partial charge in [0.25, 0.3) is 5.56 Å². The van der Waals surface area contributed by atoms with Crippen LogP contribution >= 0.6 is 11.3 Å². The van der Waals surface area contributed by atoms with Crippen LogP contribution in [-0.4, -0.2) is 62.9 Å². The Kier molecular flexibility index (Phi) is 4.28. The number of piperazine rings is 1. The smallest absolute Gasteiger partial charge is 0.275 e.